The van der Waals surface area contributed by atoms with Crippen LogP contribution in [0.4, 0.5) is 4.39 Å². The molecule has 1 aliphatic rings. The highest BCUT2D eigenvalue weighted by Crippen LogP contribution is 2.46. The molecule has 4 aromatic rings. The van der Waals surface area contributed by atoms with E-state index in [1.54, 1.807) is 6.20 Å². The molecular weight excluding hydrogens is 403 g/mol. The van der Waals surface area contributed by atoms with E-state index < -0.39 is 5.97 Å². The van der Waals surface area contributed by atoms with Crippen LogP contribution in [0.2, 0.25) is 0 Å². The Balaban J connectivity index is 1.92. The van der Waals surface area contributed by atoms with Gasteiger partial charge in [0.1, 0.15) is 11.5 Å². The highest BCUT2D eigenvalue weighted by atomic mass is 19.1. The van der Waals surface area contributed by atoms with Gasteiger partial charge in [-0.15, -0.1) is 0 Å². The van der Waals surface area contributed by atoms with Crippen molar-refractivity contribution in [1.82, 2.24) is 9.97 Å². The molecule has 0 amide bonds. The number of aromatic carboxylic acids is 1. The number of carboxylic acid groups (broad SMARTS) is 1. The van der Waals surface area contributed by atoms with Gasteiger partial charge >= 0.3 is 5.97 Å². The SMILES string of the molecule is CCc1ccc2c(c1-c1c(C(=O)O)[nH]c(-c3cc(F)cc4[nH]ccc34)c1C(C)C)C=CC2. The van der Waals surface area contributed by atoms with Crippen LogP contribution in [0.5, 0.6) is 0 Å². The lowest BCUT2D eigenvalue weighted by Crippen LogP contribution is -2.04. The molecule has 2 heterocycles. The number of hydrogen-bond acceptors (Lipinski definition) is 1. The van der Waals surface area contributed by atoms with E-state index in [0.29, 0.717) is 16.8 Å². The molecule has 32 heavy (non-hydrogen) atoms. The summed E-state index contributed by atoms with van der Waals surface area (Å²) in [5.74, 6) is -1.36. The lowest BCUT2D eigenvalue weighted by Gasteiger charge is -2.18. The molecule has 0 atom stereocenters. The molecule has 3 N–H and O–H groups in total. The van der Waals surface area contributed by atoms with Gasteiger partial charge < -0.3 is 15.1 Å². The molecule has 1 aliphatic carbocycles. The number of carboxylic acids is 1. The maximum atomic E-state index is 14.5. The molecule has 0 saturated heterocycles. The third-order valence-corrected chi connectivity index (χ3v) is 6.41. The summed E-state index contributed by atoms with van der Waals surface area (Å²) >= 11 is 0. The van der Waals surface area contributed by atoms with Crippen LogP contribution >= 0.6 is 0 Å². The van der Waals surface area contributed by atoms with Crippen LogP contribution in [0.1, 0.15) is 59.4 Å². The van der Waals surface area contributed by atoms with Crippen molar-refractivity contribution in [2.75, 3.05) is 0 Å². The average Bonchev–Trinajstić information content (AvgIpc) is 3.49. The highest BCUT2D eigenvalue weighted by Gasteiger charge is 2.30. The molecule has 2 aromatic heterocycles. The summed E-state index contributed by atoms with van der Waals surface area (Å²) in [6.45, 7) is 6.20. The molecule has 0 radical (unpaired) electrons. The Hall–Kier alpha value is -3.60. The standard InChI is InChI=1S/C27H25FN2O2/c1-4-15-8-9-16-6-5-7-18(16)23(15)24-22(14(2)3)25(30-26(24)27(31)32)20-12-17(28)13-21-19(20)10-11-29-21/h5,7-14,29-30H,4,6H2,1-3H3,(H,31,32). The van der Waals surface area contributed by atoms with E-state index >= 15 is 0 Å². The Kier molecular flexibility index (Phi) is 4.77. The van der Waals surface area contributed by atoms with Crippen LogP contribution in [0, 0.1) is 5.82 Å². The van der Waals surface area contributed by atoms with Crippen molar-refractivity contribution in [1.29, 1.82) is 0 Å². The molecule has 0 saturated carbocycles. The number of allylic oxidation sites excluding steroid dienone is 1. The third kappa shape index (κ3) is 3.00. The molecule has 0 bridgehead atoms. The Morgan fingerprint density at radius 3 is 2.72 bits per heavy atom. The Bertz CT molecular complexity index is 1410. The molecule has 0 aliphatic heterocycles. The molecule has 162 valence electrons. The second-order valence-corrected chi connectivity index (χ2v) is 8.65. The fourth-order valence-electron chi connectivity index (χ4n) is 5.03. The summed E-state index contributed by atoms with van der Waals surface area (Å²) in [6.07, 6.45) is 7.62. The van der Waals surface area contributed by atoms with Gasteiger partial charge in [0.05, 0.1) is 5.69 Å². The van der Waals surface area contributed by atoms with Crippen molar-refractivity contribution < 1.29 is 14.3 Å². The Morgan fingerprint density at radius 2 is 2.00 bits per heavy atom. The number of halogens is 1. The van der Waals surface area contributed by atoms with E-state index in [-0.39, 0.29) is 17.4 Å². The topological polar surface area (TPSA) is 68.9 Å². The fraction of sp³-hybridized carbons (Fsp3) is 0.222. The lowest BCUT2D eigenvalue weighted by molar-refractivity contribution is 0.0692. The summed E-state index contributed by atoms with van der Waals surface area (Å²) < 4.78 is 14.5. The van der Waals surface area contributed by atoms with E-state index in [9.17, 15) is 14.3 Å². The zero-order valence-electron chi connectivity index (χ0n) is 18.3. The predicted molar refractivity (Wildman–Crippen MR) is 127 cm³/mol. The molecular formula is C27H25FN2O2. The summed E-state index contributed by atoms with van der Waals surface area (Å²) in [7, 11) is 0. The number of aromatic nitrogens is 2. The van der Waals surface area contributed by atoms with E-state index in [1.165, 1.54) is 17.7 Å². The highest BCUT2D eigenvalue weighted by molar-refractivity contribution is 6.04. The monoisotopic (exact) mass is 428 g/mol. The van der Waals surface area contributed by atoms with Crippen molar-refractivity contribution >= 4 is 22.9 Å². The van der Waals surface area contributed by atoms with Gasteiger partial charge in [0.2, 0.25) is 0 Å². The van der Waals surface area contributed by atoms with Gasteiger partial charge in [-0.25, -0.2) is 9.18 Å². The van der Waals surface area contributed by atoms with Gasteiger partial charge in [-0.3, -0.25) is 0 Å². The number of aromatic amines is 2. The van der Waals surface area contributed by atoms with Crippen molar-refractivity contribution in [3.8, 4) is 22.4 Å². The Morgan fingerprint density at radius 1 is 1.19 bits per heavy atom. The van der Waals surface area contributed by atoms with Crippen molar-refractivity contribution in [2.24, 2.45) is 0 Å². The number of benzene rings is 2. The minimum absolute atomic E-state index is 0.0209. The van der Waals surface area contributed by atoms with Crippen molar-refractivity contribution in [3.63, 3.8) is 0 Å². The van der Waals surface area contributed by atoms with Crippen LogP contribution in [-0.2, 0) is 12.8 Å². The number of nitrogens with one attached hydrogen (secondary N) is 2. The molecule has 0 unspecified atom stereocenters. The molecule has 0 fully saturated rings. The number of fused-ring (bicyclic) bond motifs is 2. The van der Waals surface area contributed by atoms with E-state index in [1.807, 2.05) is 6.07 Å². The first-order chi connectivity index (χ1) is 15.4. The fourth-order valence-corrected chi connectivity index (χ4v) is 5.03. The largest absolute Gasteiger partial charge is 0.477 e. The third-order valence-electron chi connectivity index (χ3n) is 6.41. The van der Waals surface area contributed by atoms with E-state index in [0.717, 1.165) is 46.0 Å². The van der Waals surface area contributed by atoms with Gasteiger partial charge in [0.15, 0.2) is 0 Å². The smallest absolute Gasteiger partial charge is 0.352 e. The van der Waals surface area contributed by atoms with Crippen LogP contribution in [0.3, 0.4) is 0 Å². The molecule has 5 rings (SSSR count). The maximum absolute atomic E-state index is 14.5. The predicted octanol–water partition coefficient (Wildman–Crippen LogP) is 6.92. The first kappa shape index (κ1) is 20.3. The first-order valence-corrected chi connectivity index (χ1v) is 11.0. The number of H-pyrrole nitrogens is 2. The van der Waals surface area contributed by atoms with Gasteiger partial charge in [0.25, 0.3) is 0 Å². The van der Waals surface area contributed by atoms with Gasteiger partial charge in [0, 0.05) is 28.2 Å². The molecule has 0 spiro atoms. The zero-order chi connectivity index (χ0) is 22.6. The minimum atomic E-state index is -1.02. The van der Waals surface area contributed by atoms with Crippen LogP contribution in [0.25, 0.3) is 39.4 Å². The quantitative estimate of drug-likeness (QED) is 0.323. The van der Waals surface area contributed by atoms with E-state index in [2.05, 4.69) is 55.0 Å². The van der Waals surface area contributed by atoms with Crippen LogP contribution in [0.15, 0.2) is 42.6 Å². The first-order valence-electron chi connectivity index (χ1n) is 11.0. The zero-order valence-corrected chi connectivity index (χ0v) is 18.3. The average molecular weight is 429 g/mol. The second kappa shape index (κ2) is 7.52. The molecule has 2 aromatic carbocycles. The Labute approximate surface area is 185 Å². The molecule has 5 heteroatoms. The van der Waals surface area contributed by atoms with Gasteiger partial charge in [-0.1, -0.05) is 45.1 Å². The lowest BCUT2D eigenvalue weighted by atomic mass is 9.84. The van der Waals surface area contributed by atoms with Gasteiger partial charge in [-0.2, -0.15) is 0 Å². The van der Waals surface area contributed by atoms with Crippen LogP contribution < -0.4 is 0 Å². The minimum Gasteiger partial charge on any atom is -0.477 e. The summed E-state index contributed by atoms with van der Waals surface area (Å²) in [6, 6.07) is 9.08. The van der Waals surface area contributed by atoms with Crippen molar-refractivity contribution in [3.05, 3.63) is 76.4 Å². The molecule has 4 nitrogen and oxygen atoms in total. The van der Waals surface area contributed by atoms with E-state index in [4.69, 9.17) is 0 Å². The normalized spacial score (nSPS) is 12.8. The van der Waals surface area contributed by atoms with Crippen molar-refractivity contribution in [2.45, 2.75) is 39.5 Å². The van der Waals surface area contributed by atoms with Gasteiger partial charge in [-0.05, 0) is 64.8 Å². The number of aryl methyl sites for hydroxylation is 1. The number of hydrogen-bond donors (Lipinski definition) is 3. The maximum Gasteiger partial charge on any atom is 0.352 e. The summed E-state index contributed by atoms with van der Waals surface area (Å²) in [4.78, 5) is 18.7. The summed E-state index contributed by atoms with van der Waals surface area (Å²) in [5.41, 5.74) is 8.16. The van der Waals surface area contributed by atoms with Crippen LogP contribution in [-0.4, -0.2) is 21.0 Å². The second-order valence-electron chi connectivity index (χ2n) is 8.65. The number of rotatable bonds is 5. The summed E-state index contributed by atoms with van der Waals surface area (Å²) in [5, 5.41) is 11.1. The number of carbonyl (C=O) groups is 1.